The molecule has 0 bridgehead atoms. The Morgan fingerprint density at radius 1 is 1.21 bits per heavy atom. The third kappa shape index (κ3) is 2.60. The van der Waals surface area contributed by atoms with E-state index in [1.807, 2.05) is 0 Å². The monoisotopic (exact) mass is 201 g/mol. The maximum absolute atomic E-state index is 12.7. The van der Waals surface area contributed by atoms with Crippen LogP contribution >= 0.6 is 0 Å². The largest absolute Gasteiger partial charge is 0.316 e. The zero-order chi connectivity index (χ0) is 10.6. The summed E-state index contributed by atoms with van der Waals surface area (Å²) in [6, 6.07) is 1.90. The predicted molar refractivity (Wildman–Crippen MR) is 49.3 cm³/mol. The van der Waals surface area contributed by atoms with E-state index in [4.69, 9.17) is 0 Å². The number of halogens is 3. The van der Waals surface area contributed by atoms with Crippen molar-refractivity contribution < 1.29 is 13.2 Å². The predicted octanol–water partition coefficient (Wildman–Crippen LogP) is 2.34. The van der Waals surface area contributed by atoms with Crippen molar-refractivity contribution in [2.75, 3.05) is 13.6 Å². The molecule has 0 aliphatic rings. The zero-order valence-electron chi connectivity index (χ0n) is 7.65. The van der Waals surface area contributed by atoms with Gasteiger partial charge in [0.25, 0.3) is 0 Å². The van der Waals surface area contributed by atoms with Crippen LogP contribution in [0, 0.1) is 17.5 Å². The number of hydrogen-bond donors (Lipinski definition) is 1. The topological polar surface area (TPSA) is 12.0 Å². The Morgan fingerprint density at radius 2 is 1.79 bits per heavy atom. The fraction of sp³-hybridized carbons (Fsp3) is 0.200. The van der Waals surface area contributed by atoms with Gasteiger partial charge in [-0.05, 0) is 24.7 Å². The molecule has 0 fully saturated rings. The lowest BCUT2D eigenvalue weighted by Gasteiger charge is -1.97. The van der Waals surface area contributed by atoms with Gasteiger partial charge in [-0.2, -0.15) is 0 Å². The number of nitrogens with one attached hydrogen (secondary N) is 1. The highest BCUT2D eigenvalue weighted by atomic mass is 19.2. The first-order valence-electron chi connectivity index (χ1n) is 4.11. The normalized spacial score (nSPS) is 11.1. The molecule has 0 radical (unpaired) electrons. The van der Waals surface area contributed by atoms with Crippen molar-refractivity contribution in [2.45, 2.75) is 0 Å². The Morgan fingerprint density at radius 3 is 2.29 bits per heavy atom. The first-order valence-corrected chi connectivity index (χ1v) is 4.11. The van der Waals surface area contributed by atoms with Crippen LogP contribution in [0.4, 0.5) is 13.2 Å². The smallest absolute Gasteiger partial charge is 0.194 e. The minimum Gasteiger partial charge on any atom is -0.316 e. The first kappa shape index (κ1) is 10.8. The molecule has 0 aliphatic carbocycles. The second kappa shape index (κ2) is 4.81. The number of rotatable bonds is 3. The summed E-state index contributed by atoms with van der Waals surface area (Å²) in [4.78, 5) is 0. The fourth-order valence-corrected chi connectivity index (χ4v) is 0.984. The number of benzene rings is 1. The number of hydrogen-bond acceptors (Lipinski definition) is 1. The Bertz CT molecular complexity index is 324. The van der Waals surface area contributed by atoms with Gasteiger partial charge in [-0.25, -0.2) is 13.2 Å². The summed E-state index contributed by atoms with van der Waals surface area (Å²) in [5.74, 6) is -3.78. The van der Waals surface area contributed by atoms with Gasteiger partial charge in [-0.15, -0.1) is 0 Å². The molecule has 0 atom stereocenters. The molecule has 1 aromatic rings. The zero-order valence-corrected chi connectivity index (χ0v) is 7.65. The van der Waals surface area contributed by atoms with Crippen molar-refractivity contribution in [3.8, 4) is 0 Å². The summed E-state index contributed by atoms with van der Waals surface area (Å²) in [5.41, 5.74) is 0.302. The summed E-state index contributed by atoms with van der Waals surface area (Å²) in [6.45, 7) is 0.584. The average Bonchev–Trinajstić information content (AvgIpc) is 2.14. The van der Waals surface area contributed by atoms with Gasteiger partial charge in [0.15, 0.2) is 17.5 Å². The van der Waals surface area contributed by atoms with Crippen LogP contribution in [-0.2, 0) is 0 Å². The molecule has 1 aromatic carbocycles. The van der Waals surface area contributed by atoms with Gasteiger partial charge in [0.05, 0.1) is 0 Å². The molecule has 14 heavy (non-hydrogen) atoms. The van der Waals surface area contributed by atoms with E-state index in [1.165, 1.54) is 6.08 Å². The van der Waals surface area contributed by atoms with Crippen LogP contribution in [0.2, 0.25) is 0 Å². The van der Waals surface area contributed by atoms with Crippen molar-refractivity contribution in [1.82, 2.24) is 5.32 Å². The van der Waals surface area contributed by atoms with Crippen molar-refractivity contribution in [3.05, 3.63) is 41.2 Å². The van der Waals surface area contributed by atoms with E-state index in [0.29, 0.717) is 12.1 Å². The molecular weight excluding hydrogens is 191 g/mol. The highest BCUT2D eigenvalue weighted by Crippen LogP contribution is 2.14. The van der Waals surface area contributed by atoms with Crippen LogP contribution in [0.5, 0.6) is 0 Å². The summed E-state index contributed by atoms with van der Waals surface area (Å²) in [7, 11) is 1.75. The molecule has 0 aliphatic heterocycles. The average molecular weight is 201 g/mol. The van der Waals surface area contributed by atoms with E-state index in [1.54, 1.807) is 13.1 Å². The van der Waals surface area contributed by atoms with Crippen LogP contribution < -0.4 is 5.32 Å². The van der Waals surface area contributed by atoms with E-state index >= 15 is 0 Å². The van der Waals surface area contributed by atoms with E-state index in [9.17, 15) is 13.2 Å². The lowest BCUT2D eigenvalue weighted by molar-refractivity contribution is 0.447. The second-order valence-corrected chi connectivity index (χ2v) is 2.76. The Kier molecular flexibility index (Phi) is 3.71. The highest BCUT2D eigenvalue weighted by molar-refractivity contribution is 5.49. The molecule has 4 heteroatoms. The standard InChI is InChI=1S/C10H10F3N/c1-14-4-2-3-7-5-8(11)10(13)9(12)6-7/h2-3,5-6,14H,4H2,1H3/b3-2+. The molecule has 0 saturated heterocycles. The maximum atomic E-state index is 12.7. The van der Waals surface area contributed by atoms with E-state index in [2.05, 4.69) is 5.32 Å². The van der Waals surface area contributed by atoms with Crippen molar-refractivity contribution in [1.29, 1.82) is 0 Å². The Balaban J connectivity index is 2.89. The lowest BCUT2D eigenvalue weighted by atomic mass is 10.2. The van der Waals surface area contributed by atoms with E-state index in [-0.39, 0.29) is 0 Å². The van der Waals surface area contributed by atoms with Crippen LogP contribution in [0.25, 0.3) is 6.08 Å². The third-order valence-electron chi connectivity index (χ3n) is 1.64. The molecule has 0 spiro atoms. The summed E-state index contributed by atoms with van der Waals surface area (Å²) in [6.07, 6.45) is 3.20. The van der Waals surface area contributed by atoms with E-state index in [0.717, 1.165) is 12.1 Å². The second-order valence-electron chi connectivity index (χ2n) is 2.76. The minimum absolute atomic E-state index is 0.302. The van der Waals surface area contributed by atoms with Gasteiger partial charge in [0, 0.05) is 6.54 Å². The lowest BCUT2D eigenvalue weighted by Crippen LogP contribution is -2.03. The molecule has 0 amide bonds. The van der Waals surface area contributed by atoms with E-state index < -0.39 is 17.5 Å². The molecule has 0 unspecified atom stereocenters. The van der Waals surface area contributed by atoms with Gasteiger partial charge < -0.3 is 5.32 Å². The van der Waals surface area contributed by atoms with Crippen LogP contribution in [0.3, 0.4) is 0 Å². The van der Waals surface area contributed by atoms with Crippen molar-refractivity contribution in [3.63, 3.8) is 0 Å². The number of likely N-dealkylation sites (N-methyl/N-ethyl adjacent to an activating group) is 1. The quantitative estimate of drug-likeness (QED) is 0.740. The molecule has 0 aromatic heterocycles. The molecule has 1 rings (SSSR count). The summed E-state index contributed by atoms with van der Waals surface area (Å²) in [5, 5.41) is 2.83. The molecule has 1 N–H and O–H groups in total. The Hall–Kier alpha value is -1.29. The summed E-state index contributed by atoms with van der Waals surface area (Å²) < 4.78 is 37.9. The molecule has 0 heterocycles. The van der Waals surface area contributed by atoms with Gasteiger partial charge in [-0.3, -0.25) is 0 Å². The van der Waals surface area contributed by atoms with Gasteiger partial charge in [0.1, 0.15) is 0 Å². The first-order chi connectivity index (χ1) is 6.65. The van der Waals surface area contributed by atoms with Crippen LogP contribution in [0.15, 0.2) is 18.2 Å². The molecule has 76 valence electrons. The highest BCUT2D eigenvalue weighted by Gasteiger charge is 2.08. The van der Waals surface area contributed by atoms with Gasteiger partial charge in [-0.1, -0.05) is 12.2 Å². The van der Waals surface area contributed by atoms with Crippen LogP contribution in [-0.4, -0.2) is 13.6 Å². The Labute approximate surface area is 80.2 Å². The fourth-order valence-electron chi connectivity index (χ4n) is 0.984. The minimum atomic E-state index is -1.43. The van der Waals surface area contributed by atoms with Gasteiger partial charge >= 0.3 is 0 Å². The third-order valence-corrected chi connectivity index (χ3v) is 1.64. The summed E-state index contributed by atoms with van der Waals surface area (Å²) >= 11 is 0. The SMILES string of the molecule is CNC/C=C/c1cc(F)c(F)c(F)c1. The molecular formula is C10H10F3N. The maximum Gasteiger partial charge on any atom is 0.194 e. The molecule has 0 saturated carbocycles. The van der Waals surface area contributed by atoms with Gasteiger partial charge in [0.2, 0.25) is 0 Å². The van der Waals surface area contributed by atoms with Crippen LogP contribution in [0.1, 0.15) is 5.56 Å². The van der Waals surface area contributed by atoms with Crippen molar-refractivity contribution >= 4 is 6.08 Å². The molecule has 1 nitrogen and oxygen atoms in total. The van der Waals surface area contributed by atoms with Crippen molar-refractivity contribution in [2.24, 2.45) is 0 Å².